The molecule has 1 aromatic rings. The zero-order valence-electron chi connectivity index (χ0n) is 11.0. The van der Waals surface area contributed by atoms with Crippen molar-refractivity contribution in [1.82, 2.24) is 10.2 Å². The number of rotatable bonds is 6. The maximum absolute atomic E-state index is 3.85. The third kappa shape index (κ3) is 4.08. The highest BCUT2D eigenvalue weighted by Crippen LogP contribution is 2.17. The summed E-state index contributed by atoms with van der Waals surface area (Å²) >= 11 is 0. The number of hydrogen-bond donors (Lipinski definition) is 1. The van der Waals surface area contributed by atoms with Gasteiger partial charge in [0.25, 0.3) is 0 Å². The molecule has 0 atom stereocenters. The summed E-state index contributed by atoms with van der Waals surface area (Å²) in [7, 11) is 4.05. The second-order valence-electron chi connectivity index (χ2n) is 4.18. The van der Waals surface area contributed by atoms with Crippen LogP contribution in [0.3, 0.4) is 0 Å². The molecule has 2 nitrogen and oxygen atoms in total. The average molecular weight is 230 g/mol. The highest BCUT2D eigenvalue weighted by atomic mass is 15.1. The molecule has 0 aliphatic carbocycles. The van der Waals surface area contributed by atoms with E-state index in [0.29, 0.717) is 0 Å². The average Bonchev–Trinajstić information content (AvgIpc) is 2.34. The fraction of sp³-hybridized carbons (Fsp3) is 0.333. The first-order valence-electron chi connectivity index (χ1n) is 5.94. The van der Waals surface area contributed by atoms with Crippen molar-refractivity contribution in [1.29, 1.82) is 0 Å². The van der Waals surface area contributed by atoms with Gasteiger partial charge in [0.05, 0.1) is 0 Å². The molecule has 2 heteroatoms. The molecule has 0 saturated heterocycles. The van der Waals surface area contributed by atoms with Gasteiger partial charge in [0.15, 0.2) is 0 Å². The van der Waals surface area contributed by atoms with Gasteiger partial charge in [-0.25, -0.2) is 0 Å². The van der Waals surface area contributed by atoms with E-state index in [1.54, 1.807) is 0 Å². The van der Waals surface area contributed by atoms with Gasteiger partial charge in [-0.05, 0) is 42.9 Å². The van der Waals surface area contributed by atoms with E-state index in [1.807, 2.05) is 13.1 Å². The molecule has 0 spiro atoms. The lowest BCUT2D eigenvalue weighted by atomic mass is 10.0. The summed E-state index contributed by atoms with van der Waals surface area (Å²) in [4.78, 5) is 2.18. The Labute approximate surface area is 105 Å². The molecule has 0 radical (unpaired) electrons. The van der Waals surface area contributed by atoms with Gasteiger partial charge in [-0.1, -0.05) is 30.9 Å². The van der Waals surface area contributed by atoms with E-state index in [0.717, 1.165) is 13.1 Å². The van der Waals surface area contributed by atoms with Crippen LogP contribution in [0.4, 0.5) is 0 Å². The van der Waals surface area contributed by atoms with Crippen LogP contribution in [0.2, 0.25) is 0 Å². The largest absolute Gasteiger partial charge is 0.379 e. The minimum atomic E-state index is 0.989. The molecular formula is C15H22N2. The van der Waals surface area contributed by atoms with Crippen molar-refractivity contribution in [3.05, 3.63) is 47.7 Å². The smallest absolute Gasteiger partial charge is 0.0294 e. The van der Waals surface area contributed by atoms with Crippen molar-refractivity contribution < 1.29 is 0 Å². The van der Waals surface area contributed by atoms with Gasteiger partial charge < -0.3 is 10.2 Å². The van der Waals surface area contributed by atoms with Crippen LogP contribution in [0.5, 0.6) is 0 Å². The Morgan fingerprint density at radius 2 is 2.18 bits per heavy atom. The number of aryl methyl sites for hydroxylation is 1. The first-order chi connectivity index (χ1) is 8.19. The number of likely N-dealkylation sites (N-methyl/N-ethyl adjacent to an activating group) is 2. The normalized spacial score (nSPS) is 10.8. The van der Waals surface area contributed by atoms with Crippen LogP contribution in [0, 0.1) is 6.92 Å². The topological polar surface area (TPSA) is 15.3 Å². The summed E-state index contributed by atoms with van der Waals surface area (Å²) in [5.74, 6) is 0. The maximum Gasteiger partial charge on any atom is 0.0294 e. The zero-order valence-corrected chi connectivity index (χ0v) is 11.0. The molecule has 1 rings (SSSR count). The lowest BCUT2D eigenvalue weighted by Crippen LogP contribution is -2.23. The van der Waals surface area contributed by atoms with Crippen molar-refractivity contribution in [2.24, 2.45) is 0 Å². The van der Waals surface area contributed by atoms with Gasteiger partial charge in [-0.3, -0.25) is 0 Å². The van der Waals surface area contributed by atoms with Crippen LogP contribution in [0.25, 0.3) is 12.2 Å². The summed E-state index contributed by atoms with van der Waals surface area (Å²) in [5.41, 5.74) is 3.71. The first-order valence-corrected chi connectivity index (χ1v) is 5.94. The molecule has 17 heavy (non-hydrogen) atoms. The van der Waals surface area contributed by atoms with Gasteiger partial charge in [0.2, 0.25) is 0 Å². The van der Waals surface area contributed by atoms with Crippen molar-refractivity contribution in [2.45, 2.75) is 6.92 Å². The Balaban J connectivity index is 2.79. The van der Waals surface area contributed by atoms with Crippen molar-refractivity contribution in [2.75, 3.05) is 27.2 Å². The molecule has 0 unspecified atom stereocenters. The second-order valence-corrected chi connectivity index (χ2v) is 4.18. The fourth-order valence-electron chi connectivity index (χ4n) is 1.67. The Kier molecular flexibility index (Phi) is 5.50. The lowest BCUT2D eigenvalue weighted by molar-refractivity contribution is 0.454. The summed E-state index contributed by atoms with van der Waals surface area (Å²) in [5, 5.41) is 3.14. The molecule has 92 valence electrons. The van der Waals surface area contributed by atoms with Gasteiger partial charge in [0.1, 0.15) is 0 Å². The number of nitrogens with one attached hydrogen (secondary N) is 1. The quantitative estimate of drug-likeness (QED) is 0.808. The predicted octanol–water partition coefficient (Wildman–Crippen LogP) is 2.76. The molecule has 0 aliphatic heterocycles. The Morgan fingerprint density at radius 3 is 2.82 bits per heavy atom. The Morgan fingerprint density at radius 1 is 1.41 bits per heavy atom. The summed E-state index contributed by atoms with van der Waals surface area (Å²) in [6, 6.07) is 6.28. The van der Waals surface area contributed by atoms with Crippen molar-refractivity contribution in [3.63, 3.8) is 0 Å². The van der Waals surface area contributed by atoms with Gasteiger partial charge in [-0.15, -0.1) is 0 Å². The van der Waals surface area contributed by atoms with E-state index >= 15 is 0 Å². The van der Waals surface area contributed by atoms with Gasteiger partial charge in [-0.2, -0.15) is 0 Å². The Bertz CT molecular complexity index is 394. The maximum atomic E-state index is 3.85. The van der Waals surface area contributed by atoms with Crippen molar-refractivity contribution >= 4 is 12.2 Å². The second kappa shape index (κ2) is 6.92. The third-order valence-corrected chi connectivity index (χ3v) is 2.79. The van der Waals surface area contributed by atoms with Crippen molar-refractivity contribution in [3.8, 4) is 0 Å². The zero-order chi connectivity index (χ0) is 12.7. The molecular weight excluding hydrogens is 208 g/mol. The van der Waals surface area contributed by atoms with E-state index in [-0.39, 0.29) is 0 Å². The molecule has 0 amide bonds. The standard InChI is InChI=1S/C15H22N2/c1-5-14-8-6-7-13(2)15(14)9-11-17(4)12-10-16-3/h5-9,11,16H,1,10,12H2,2-4H3/b11-9-. The third-order valence-electron chi connectivity index (χ3n) is 2.79. The van der Waals surface area contributed by atoms with E-state index in [4.69, 9.17) is 0 Å². The molecule has 0 aliphatic rings. The Hall–Kier alpha value is -1.54. The van der Waals surface area contributed by atoms with Gasteiger partial charge >= 0.3 is 0 Å². The minimum Gasteiger partial charge on any atom is -0.379 e. The van der Waals surface area contributed by atoms with E-state index < -0.39 is 0 Å². The van der Waals surface area contributed by atoms with Crippen LogP contribution < -0.4 is 5.32 Å². The predicted molar refractivity (Wildman–Crippen MR) is 76.9 cm³/mol. The minimum absolute atomic E-state index is 0.989. The van der Waals surface area contributed by atoms with Crippen LogP contribution in [0.1, 0.15) is 16.7 Å². The number of benzene rings is 1. The number of nitrogens with zero attached hydrogens (tertiary/aromatic N) is 1. The summed E-state index contributed by atoms with van der Waals surface area (Å²) in [6.45, 7) is 7.97. The van der Waals surface area contributed by atoms with Crippen LogP contribution in [-0.4, -0.2) is 32.1 Å². The first kappa shape index (κ1) is 13.5. The van der Waals surface area contributed by atoms with E-state index in [1.165, 1.54) is 16.7 Å². The molecule has 1 N–H and O–H groups in total. The molecule has 1 aromatic carbocycles. The summed E-state index contributed by atoms with van der Waals surface area (Å²) in [6.07, 6.45) is 6.18. The van der Waals surface area contributed by atoms with Crippen LogP contribution in [-0.2, 0) is 0 Å². The SMILES string of the molecule is C=Cc1cccc(C)c1/C=C\N(C)CCNC. The molecule has 0 heterocycles. The van der Waals surface area contributed by atoms with Crippen LogP contribution in [0.15, 0.2) is 31.0 Å². The lowest BCUT2D eigenvalue weighted by Gasteiger charge is -2.14. The monoisotopic (exact) mass is 230 g/mol. The number of hydrogen-bond acceptors (Lipinski definition) is 2. The fourth-order valence-corrected chi connectivity index (χ4v) is 1.67. The highest BCUT2D eigenvalue weighted by molar-refractivity contribution is 5.66. The van der Waals surface area contributed by atoms with Gasteiger partial charge in [0, 0.05) is 20.1 Å². The highest BCUT2D eigenvalue weighted by Gasteiger charge is 1.99. The van der Waals surface area contributed by atoms with E-state index in [9.17, 15) is 0 Å². The molecule has 0 saturated carbocycles. The molecule has 0 aromatic heterocycles. The molecule has 0 fully saturated rings. The molecule has 0 bridgehead atoms. The summed E-state index contributed by atoms with van der Waals surface area (Å²) < 4.78 is 0. The van der Waals surface area contributed by atoms with E-state index in [2.05, 4.69) is 61.2 Å². The van der Waals surface area contributed by atoms with Crippen LogP contribution >= 0.6 is 0 Å².